The smallest absolute Gasteiger partial charge is 0.307 e. The number of thioether (sulfide) groups is 1. The van der Waals surface area contributed by atoms with Gasteiger partial charge >= 0.3 is 5.97 Å². The molecule has 1 aromatic rings. The molecule has 2 amide bonds. The molecule has 2 aliphatic heterocycles. The van der Waals surface area contributed by atoms with Crippen molar-refractivity contribution in [1.82, 2.24) is 4.90 Å². The lowest BCUT2D eigenvalue weighted by Crippen LogP contribution is -2.26. The van der Waals surface area contributed by atoms with Gasteiger partial charge in [0.15, 0.2) is 35.0 Å². The summed E-state index contributed by atoms with van der Waals surface area (Å²) in [5.41, 5.74) is -1.56. The normalized spacial score (nSPS) is 18.6. The molecule has 162 valence electrons. The Labute approximate surface area is 170 Å². The highest BCUT2D eigenvalue weighted by atomic mass is 32.2. The van der Waals surface area contributed by atoms with Crippen LogP contribution in [0, 0.1) is 29.1 Å². The Morgan fingerprint density at radius 2 is 1.60 bits per heavy atom. The lowest BCUT2D eigenvalue weighted by Gasteiger charge is -2.16. The molecule has 1 saturated heterocycles. The Balaban J connectivity index is 1.51. The van der Waals surface area contributed by atoms with Gasteiger partial charge in [0.05, 0.1) is 6.42 Å². The zero-order chi connectivity index (χ0) is 22.0. The zero-order valence-corrected chi connectivity index (χ0v) is 16.0. The predicted molar refractivity (Wildman–Crippen MR) is 95.1 cm³/mol. The number of carbonyl (C=O) groups excluding carboxylic acids is 3. The maximum Gasteiger partial charge on any atom is 0.307 e. The first-order chi connectivity index (χ1) is 14.2. The van der Waals surface area contributed by atoms with E-state index in [9.17, 15) is 36.3 Å². The molecule has 1 N–H and O–H groups in total. The van der Waals surface area contributed by atoms with Crippen LogP contribution >= 0.6 is 11.8 Å². The van der Waals surface area contributed by atoms with Crippen LogP contribution in [-0.4, -0.2) is 52.8 Å². The SMILES string of the molecule is O=C(COC(=O)C[C@H]1SC(N2CCCC2)=NC1=O)Nc1c(F)c(F)c(F)c(F)c1F. The number of hydrogen-bond acceptors (Lipinski definition) is 6. The van der Waals surface area contributed by atoms with E-state index in [-0.39, 0.29) is 0 Å². The van der Waals surface area contributed by atoms with E-state index in [1.807, 2.05) is 4.90 Å². The van der Waals surface area contributed by atoms with Gasteiger partial charge in [-0.1, -0.05) is 11.8 Å². The van der Waals surface area contributed by atoms with Gasteiger partial charge in [0.25, 0.3) is 11.8 Å². The zero-order valence-electron chi connectivity index (χ0n) is 15.1. The highest BCUT2D eigenvalue weighted by Gasteiger charge is 2.34. The van der Waals surface area contributed by atoms with Crippen LogP contribution in [0.3, 0.4) is 0 Å². The fraction of sp³-hybridized carbons (Fsp3) is 0.412. The quantitative estimate of drug-likeness (QED) is 0.320. The number of amidine groups is 1. The van der Waals surface area contributed by atoms with Gasteiger partial charge in [-0.15, -0.1) is 0 Å². The number of ether oxygens (including phenoxy) is 1. The minimum absolute atomic E-state index is 0.403. The monoisotopic (exact) mass is 451 g/mol. The second-order valence-electron chi connectivity index (χ2n) is 6.39. The number of aliphatic imine (C=N–C) groups is 1. The third kappa shape index (κ3) is 4.55. The van der Waals surface area contributed by atoms with Gasteiger partial charge in [0.2, 0.25) is 5.82 Å². The van der Waals surface area contributed by atoms with Crippen molar-refractivity contribution in [2.24, 2.45) is 4.99 Å². The summed E-state index contributed by atoms with van der Waals surface area (Å²) in [6.45, 7) is 0.464. The standard InChI is InChI=1S/C17H14F5N3O4S/c18-10-11(19)13(21)15(14(22)12(10)20)23-8(26)6-29-9(27)5-7-16(28)24-17(30-7)25-3-1-2-4-25/h7H,1-6H2,(H,23,26)/t7-/m1/s1. The molecule has 0 bridgehead atoms. The molecule has 2 heterocycles. The van der Waals surface area contributed by atoms with Crippen molar-refractivity contribution < 1.29 is 41.1 Å². The highest BCUT2D eigenvalue weighted by molar-refractivity contribution is 8.15. The first-order valence-electron chi connectivity index (χ1n) is 8.70. The van der Waals surface area contributed by atoms with Crippen molar-refractivity contribution in [3.8, 4) is 0 Å². The van der Waals surface area contributed by atoms with Gasteiger partial charge in [-0.3, -0.25) is 14.4 Å². The van der Waals surface area contributed by atoms with E-state index in [0.717, 1.165) is 37.7 Å². The van der Waals surface area contributed by atoms with Crippen LogP contribution in [0.15, 0.2) is 4.99 Å². The summed E-state index contributed by atoms with van der Waals surface area (Å²) in [6.07, 6.45) is 1.54. The van der Waals surface area contributed by atoms with Gasteiger partial charge in [-0.2, -0.15) is 4.99 Å². The summed E-state index contributed by atoms with van der Waals surface area (Å²) in [4.78, 5) is 41.3. The van der Waals surface area contributed by atoms with Crippen LogP contribution in [0.5, 0.6) is 0 Å². The molecule has 0 unspecified atom stereocenters. The molecule has 0 saturated carbocycles. The highest BCUT2D eigenvalue weighted by Crippen LogP contribution is 2.29. The van der Waals surface area contributed by atoms with E-state index < -0.39 is 70.8 Å². The number of benzene rings is 1. The maximum atomic E-state index is 13.5. The Hall–Kier alpha value is -2.70. The van der Waals surface area contributed by atoms with Crippen molar-refractivity contribution in [1.29, 1.82) is 0 Å². The number of esters is 1. The Morgan fingerprint density at radius 1 is 1.03 bits per heavy atom. The molecule has 0 radical (unpaired) electrons. The van der Waals surface area contributed by atoms with Crippen LogP contribution in [0.4, 0.5) is 27.6 Å². The number of amides is 2. The Kier molecular flexibility index (Phi) is 6.58. The third-order valence-corrected chi connectivity index (χ3v) is 5.51. The topological polar surface area (TPSA) is 88.1 Å². The lowest BCUT2D eigenvalue weighted by molar-refractivity contribution is -0.147. The molecule has 2 aliphatic rings. The number of anilines is 1. The van der Waals surface area contributed by atoms with Gasteiger partial charge in [0.1, 0.15) is 10.9 Å². The Morgan fingerprint density at radius 3 is 2.20 bits per heavy atom. The molecule has 1 fully saturated rings. The number of hydrogen-bond donors (Lipinski definition) is 1. The fourth-order valence-electron chi connectivity index (χ4n) is 2.80. The third-order valence-electron chi connectivity index (χ3n) is 4.30. The summed E-state index contributed by atoms with van der Waals surface area (Å²) in [5, 5.41) is 1.16. The molecule has 0 spiro atoms. The van der Waals surface area contributed by atoms with E-state index in [0.29, 0.717) is 5.17 Å². The largest absolute Gasteiger partial charge is 0.456 e. The van der Waals surface area contributed by atoms with Crippen LogP contribution in [0.1, 0.15) is 19.3 Å². The number of rotatable bonds is 5. The fourth-order valence-corrected chi connectivity index (χ4v) is 3.90. The summed E-state index contributed by atoms with van der Waals surface area (Å²) in [6, 6.07) is 0. The number of nitrogens with zero attached hydrogens (tertiary/aromatic N) is 2. The van der Waals surface area contributed by atoms with Crippen molar-refractivity contribution >= 4 is 40.4 Å². The number of halogens is 5. The minimum Gasteiger partial charge on any atom is -0.456 e. The average Bonchev–Trinajstić information content (AvgIpc) is 3.37. The van der Waals surface area contributed by atoms with Crippen LogP contribution < -0.4 is 5.32 Å². The first-order valence-corrected chi connectivity index (χ1v) is 9.58. The van der Waals surface area contributed by atoms with E-state index in [2.05, 4.69) is 9.73 Å². The van der Waals surface area contributed by atoms with E-state index in [1.165, 1.54) is 5.32 Å². The molecule has 13 heteroatoms. The van der Waals surface area contributed by atoms with E-state index in [4.69, 9.17) is 0 Å². The summed E-state index contributed by atoms with van der Waals surface area (Å²) >= 11 is 1.10. The second kappa shape index (κ2) is 8.98. The molecule has 0 aliphatic carbocycles. The van der Waals surface area contributed by atoms with Gasteiger partial charge < -0.3 is 15.0 Å². The van der Waals surface area contributed by atoms with Crippen LogP contribution in [-0.2, 0) is 19.1 Å². The van der Waals surface area contributed by atoms with Crippen LogP contribution in [0.2, 0.25) is 0 Å². The van der Waals surface area contributed by atoms with E-state index >= 15 is 0 Å². The summed E-state index contributed by atoms with van der Waals surface area (Å²) in [7, 11) is 0. The van der Waals surface area contributed by atoms with Gasteiger partial charge in [0, 0.05) is 13.1 Å². The number of nitrogens with one attached hydrogen (secondary N) is 1. The molecule has 1 atom stereocenters. The molecule has 30 heavy (non-hydrogen) atoms. The van der Waals surface area contributed by atoms with Crippen molar-refractivity contribution in [3.05, 3.63) is 29.1 Å². The van der Waals surface area contributed by atoms with Crippen molar-refractivity contribution in [2.75, 3.05) is 25.0 Å². The van der Waals surface area contributed by atoms with Gasteiger partial charge in [-0.05, 0) is 12.8 Å². The number of likely N-dealkylation sites (tertiary alicyclic amines) is 1. The predicted octanol–water partition coefficient (Wildman–Crippen LogP) is 2.35. The van der Waals surface area contributed by atoms with Crippen molar-refractivity contribution in [3.63, 3.8) is 0 Å². The first kappa shape index (κ1) is 22.0. The van der Waals surface area contributed by atoms with Crippen LogP contribution in [0.25, 0.3) is 0 Å². The lowest BCUT2D eigenvalue weighted by atomic mass is 10.2. The molecular weight excluding hydrogens is 437 g/mol. The summed E-state index contributed by atoms with van der Waals surface area (Å²) < 4.78 is 70.9. The Bertz CT molecular complexity index is 907. The van der Waals surface area contributed by atoms with E-state index in [1.54, 1.807) is 0 Å². The molecule has 3 rings (SSSR count). The molecule has 7 nitrogen and oxygen atoms in total. The number of carbonyl (C=O) groups is 3. The minimum atomic E-state index is -2.37. The molecule has 1 aromatic carbocycles. The second-order valence-corrected chi connectivity index (χ2v) is 7.56. The average molecular weight is 451 g/mol. The summed E-state index contributed by atoms with van der Waals surface area (Å²) in [5.74, 6) is -14.1. The van der Waals surface area contributed by atoms with Gasteiger partial charge in [-0.25, -0.2) is 22.0 Å². The molecule has 0 aromatic heterocycles. The van der Waals surface area contributed by atoms with Crippen molar-refractivity contribution in [2.45, 2.75) is 24.5 Å². The molecular formula is C17H14F5N3O4S. The maximum absolute atomic E-state index is 13.5.